The summed E-state index contributed by atoms with van der Waals surface area (Å²) in [6, 6.07) is 15.2. The van der Waals surface area contributed by atoms with Crippen molar-refractivity contribution in [2.45, 2.75) is 6.92 Å². The number of hydrogen-bond acceptors (Lipinski definition) is 8. The Labute approximate surface area is 165 Å². The first-order valence-electron chi connectivity index (χ1n) is 8.94. The lowest BCUT2D eigenvalue weighted by molar-refractivity contribution is 0.851. The van der Waals surface area contributed by atoms with E-state index in [-0.39, 0.29) is 0 Å². The predicted molar refractivity (Wildman–Crippen MR) is 107 cm³/mol. The van der Waals surface area contributed by atoms with Gasteiger partial charge >= 0.3 is 0 Å². The maximum Gasteiger partial charge on any atom is 0.272 e. The number of nitrogens with one attached hydrogen (secondary N) is 1. The van der Waals surface area contributed by atoms with Gasteiger partial charge < -0.3 is 5.32 Å². The highest BCUT2D eigenvalue weighted by atomic mass is 15.4. The first-order valence-corrected chi connectivity index (χ1v) is 8.94. The molecule has 29 heavy (non-hydrogen) atoms. The van der Waals surface area contributed by atoms with Gasteiger partial charge in [0.05, 0.1) is 11.4 Å². The van der Waals surface area contributed by atoms with Crippen molar-refractivity contribution in [3.63, 3.8) is 0 Å². The minimum absolute atomic E-state index is 0.426. The molecule has 0 bridgehead atoms. The van der Waals surface area contributed by atoms with Gasteiger partial charge in [-0.25, -0.2) is 9.97 Å². The zero-order valence-electron chi connectivity index (χ0n) is 15.4. The maximum atomic E-state index is 4.58. The van der Waals surface area contributed by atoms with E-state index >= 15 is 0 Å². The maximum absolute atomic E-state index is 4.58. The topological polar surface area (TPSA) is 107 Å². The van der Waals surface area contributed by atoms with Crippen molar-refractivity contribution in [1.29, 1.82) is 0 Å². The highest BCUT2D eigenvalue weighted by molar-refractivity contribution is 5.62. The summed E-state index contributed by atoms with van der Waals surface area (Å²) in [7, 11) is 0. The van der Waals surface area contributed by atoms with Gasteiger partial charge in [-0.2, -0.15) is 9.50 Å². The summed E-state index contributed by atoms with van der Waals surface area (Å²) in [6.07, 6.45) is 5.09. The average Bonchev–Trinajstić information content (AvgIpc) is 3.21. The van der Waals surface area contributed by atoms with E-state index in [1.54, 1.807) is 29.2 Å². The monoisotopic (exact) mass is 381 g/mol. The lowest BCUT2D eigenvalue weighted by Gasteiger charge is -2.07. The fourth-order valence-corrected chi connectivity index (χ4v) is 2.92. The molecule has 1 aromatic carbocycles. The second-order valence-electron chi connectivity index (χ2n) is 6.27. The lowest BCUT2D eigenvalue weighted by atomic mass is 10.2. The van der Waals surface area contributed by atoms with Crippen molar-refractivity contribution >= 4 is 17.4 Å². The summed E-state index contributed by atoms with van der Waals surface area (Å²) in [5.74, 6) is 1.47. The molecule has 0 saturated carbocycles. The number of hydrogen-bond donors (Lipinski definition) is 1. The molecule has 140 valence electrons. The third kappa shape index (κ3) is 3.25. The first kappa shape index (κ1) is 16.9. The van der Waals surface area contributed by atoms with Crippen LogP contribution in [0, 0.1) is 6.92 Å². The summed E-state index contributed by atoms with van der Waals surface area (Å²) in [4.78, 5) is 17.3. The molecule has 9 heteroatoms. The van der Waals surface area contributed by atoms with Crippen LogP contribution < -0.4 is 5.32 Å². The highest BCUT2D eigenvalue weighted by Crippen LogP contribution is 2.22. The molecule has 4 heterocycles. The minimum atomic E-state index is 0.426. The van der Waals surface area contributed by atoms with Crippen molar-refractivity contribution in [2.75, 3.05) is 5.32 Å². The van der Waals surface area contributed by atoms with Crippen LogP contribution in [0.5, 0.6) is 0 Å². The van der Waals surface area contributed by atoms with E-state index in [2.05, 4.69) is 40.5 Å². The van der Waals surface area contributed by atoms with Crippen molar-refractivity contribution < 1.29 is 0 Å². The van der Waals surface area contributed by atoms with Crippen LogP contribution >= 0.6 is 0 Å². The van der Waals surface area contributed by atoms with Gasteiger partial charge in [-0.15, -0.1) is 15.3 Å². The van der Waals surface area contributed by atoms with Crippen LogP contribution in [-0.4, -0.2) is 39.7 Å². The molecule has 0 spiro atoms. The molecule has 5 aromatic rings. The van der Waals surface area contributed by atoms with E-state index in [9.17, 15) is 0 Å². The second-order valence-corrected chi connectivity index (χ2v) is 6.27. The molecule has 1 N–H and O–H groups in total. The molecule has 4 aromatic heterocycles. The Hall–Kier alpha value is -4.27. The van der Waals surface area contributed by atoms with Crippen LogP contribution in [0.2, 0.25) is 0 Å². The Balaban J connectivity index is 1.53. The molecule has 5 rings (SSSR count). The van der Waals surface area contributed by atoms with Crippen LogP contribution in [-0.2, 0) is 0 Å². The van der Waals surface area contributed by atoms with Crippen LogP contribution in [0.3, 0.4) is 0 Å². The van der Waals surface area contributed by atoms with E-state index in [1.165, 1.54) is 0 Å². The summed E-state index contributed by atoms with van der Waals surface area (Å²) < 4.78 is 1.67. The van der Waals surface area contributed by atoms with Crippen molar-refractivity contribution in [3.8, 4) is 22.8 Å². The molecule has 0 atom stereocenters. The lowest BCUT2D eigenvalue weighted by Crippen LogP contribution is -2.05. The molecule has 0 aliphatic rings. The number of fused-ring (bicyclic) bond motifs is 1. The normalized spacial score (nSPS) is 10.9. The number of anilines is 2. The van der Waals surface area contributed by atoms with Gasteiger partial charge in [0.1, 0.15) is 5.69 Å². The third-order valence-electron chi connectivity index (χ3n) is 4.36. The van der Waals surface area contributed by atoms with Crippen LogP contribution in [0.4, 0.5) is 11.6 Å². The van der Waals surface area contributed by atoms with Crippen LogP contribution in [0.1, 0.15) is 5.69 Å². The molecule has 0 unspecified atom stereocenters. The second kappa shape index (κ2) is 7.04. The third-order valence-corrected chi connectivity index (χ3v) is 4.36. The molecule has 0 fully saturated rings. The fraction of sp³-hybridized carbons (Fsp3) is 0.0500. The van der Waals surface area contributed by atoms with E-state index in [0.717, 1.165) is 16.9 Å². The number of rotatable bonds is 4. The number of aromatic nitrogens is 8. The Kier molecular flexibility index (Phi) is 4.10. The number of nitrogens with zero attached hydrogens (tertiary/aromatic N) is 8. The van der Waals surface area contributed by atoms with Gasteiger partial charge in [0.15, 0.2) is 5.82 Å². The quantitative estimate of drug-likeness (QED) is 0.506. The molecular weight excluding hydrogens is 366 g/mol. The van der Waals surface area contributed by atoms with Crippen molar-refractivity contribution in [3.05, 3.63) is 72.8 Å². The Morgan fingerprint density at radius 2 is 1.69 bits per heavy atom. The van der Waals surface area contributed by atoms with Crippen molar-refractivity contribution in [1.82, 2.24) is 39.7 Å². The number of para-hydroxylation sites is 1. The number of aryl methyl sites for hydroxylation is 1. The van der Waals surface area contributed by atoms with Crippen LogP contribution in [0.15, 0.2) is 67.1 Å². The Morgan fingerprint density at radius 1 is 0.862 bits per heavy atom. The van der Waals surface area contributed by atoms with E-state index in [4.69, 9.17) is 0 Å². The van der Waals surface area contributed by atoms with Gasteiger partial charge in [0.25, 0.3) is 5.78 Å². The summed E-state index contributed by atoms with van der Waals surface area (Å²) in [5.41, 5.74) is 3.81. The molecular formula is C20H15N9. The van der Waals surface area contributed by atoms with Gasteiger partial charge in [0, 0.05) is 29.8 Å². The largest absolute Gasteiger partial charge is 0.324 e. The van der Waals surface area contributed by atoms with Gasteiger partial charge in [-0.05, 0) is 37.3 Å². The Bertz CT molecular complexity index is 1280. The summed E-state index contributed by atoms with van der Waals surface area (Å²) in [6.45, 7) is 1.91. The van der Waals surface area contributed by atoms with E-state index in [0.29, 0.717) is 28.9 Å². The van der Waals surface area contributed by atoms with Crippen LogP contribution in [0.25, 0.3) is 28.6 Å². The molecule has 0 aliphatic heterocycles. The smallest absolute Gasteiger partial charge is 0.272 e. The standard InChI is InChI=1S/C20H15N9/c1-13-17(16-9-12-22-19(24-16)23-15-5-3-2-4-6-15)26-27-20-25-18(28-29(13)20)14-7-10-21-11-8-14/h2-12H,1H3,(H,22,23,24). The van der Waals surface area contributed by atoms with E-state index < -0.39 is 0 Å². The Morgan fingerprint density at radius 3 is 2.52 bits per heavy atom. The van der Waals surface area contributed by atoms with Gasteiger partial charge in [-0.1, -0.05) is 18.2 Å². The predicted octanol–water partition coefficient (Wildman–Crippen LogP) is 3.09. The molecule has 0 radical (unpaired) electrons. The fourth-order valence-electron chi connectivity index (χ4n) is 2.92. The van der Waals surface area contributed by atoms with Crippen molar-refractivity contribution in [2.24, 2.45) is 0 Å². The summed E-state index contributed by atoms with van der Waals surface area (Å²) in [5, 5.41) is 16.3. The minimum Gasteiger partial charge on any atom is -0.324 e. The zero-order chi connectivity index (χ0) is 19.6. The molecule has 0 amide bonds. The zero-order valence-corrected chi connectivity index (χ0v) is 15.4. The first-order chi connectivity index (χ1) is 14.3. The number of benzene rings is 1. The van der Waals surface area contributed by atoms with Gasteiger partial charge in [-0.3, -0.25) is 4.98 Å². The highest BCUT2D eigenvalue weighted by Gasteiger charge is 2.15. The SMILES string of the molecule is Cc1c(-c2ccnc(Nc3ccccc3)n2)nnc2nc(-c3ccncc3)nn12. The number of pyridine rings is 1. The summed E-state index contributed by atoms with van der Waals surface area (Å²) >= 11 is 0. The molecule has 9 nitrogen and oxygen atoms in total. The molecule has 0 saturated heterocycles. The molecule has 0 aliphatic carbocycles. The average molecular weight is 381 g/mol. The van der Waals surface area contributed by atoms with E-state index in [1.807, 2.05) is 49.4 Å². The van der Waals surface area contributed by atoms with Gasteiger partial charge in [0.2, 0.25) is 5.95 Å².